The molecular formula is C18H13NTe. The third-order valence-electron chi connectivity index (χ3n) is 3.59. The summed E-state index contributed by atoms with van der Waals surface area (Å²) in [6.45, 7) is 2.08. The molecule has 4 aromatic rings. The topological polar surface area (TPSA) is 12.9 Å². The van der Waals surface area contributed by atoms with Crippen LogP contribution in [0.3, 0.4) is 0 Å². The zero-order valence-corrected chi connectivity index (χ0v) is 13.5. The molecule has 0 atom stereocenters. The summed E-state index contributed by atoms with van der Waals surface area (Å²) in [5.41, 5.74) is 3.63. The van der Waals surface area contributed by atoms with E-state index in [0.29, 0.717) is 0 Å². The number of hydrogen-bond donors (Lipinski definition) is 0. The monoisotopic (exact) mass is 373 g/mol. The third kappa shape index (κ3) is 1.88. The van der Waals surface area contributed by atoms with Crippen LogP contribution in [-0.4, -0.2) is 25.4 Å². The number of fused-ring (bicyclic) bond motifs is 3. The number of nitrogens with zero attached hydrogens (tertiary/aromatic N) is 1. The normalized spacial score (nSPS) is 11.2. The predicted octanol–water partition coefficient (Wildman–Crippen LogP) is 4.42. The molecule has 2 heterocycles. The molecule has 0 aliphatic heterocycles. The zero-order valence-electron chi connectivity index (χ0n) is 11.1. The summed E-state index contributed by atoms with van der Waals surface area (Å²) in [5.74, 6) is 0. The molecule has 0 aliphatic rings. The summed E-state index contributed by atoms with van der Waals surface area (Å²) in [7, 11) is 0. The van der Waals surface area contributed by atoms with Crippen molar-refractivity contribution in [2.24, 2.45) is 0 Å². The summed E-state index contributed by atoms with van der Waals surface area (Å²) in [6.07, 6.45) is 1.96. The van der Waals surface area contributed by atoms with E-state index in [-0.39, 0.29) is 20.4 Å². The summed E-state index contributed by atoms with van der Waals surface area (Å²) >= 11 is -0.293. The number of benzene rings is 2. The molecule has 0 fully saturated rings. The number of hydrogen-bond acceptors (Lipinski definition) is 1. The fourth-order valence-corrected chi connectivity index (χ4v) is 6.07. The molecule has 96 valence electrons. The molecule has 2 heteroatoms. The zero-order chi connectivity index (χ0) is 13.5. The Morgan fingerprint density at radius 2 is 1.70 bits per heavy atom. The fraction of sp³-hybridized carbons (Fsp3) is 0.0556. The third-order valence-corrected chi connectivity index (χ3v) is 7.07. The van der Waals surface area contributed by atoms with E-state index in [1.54, 1.807) is 3.40 Å². The van der Waals surface area contributed by atoms with Crippen molar-refractivity contribution in [2.75, 3.05) is 0 Å². The van der Waals surface area contributed by atoms with Gasteiger partial charge in [0.05, 0.1) is 0 Å². The average Bonchev–Trinajstić information content (AvgIpc) is 2.87. The van der Waals surface area contributed by atoms with Crippen molar-refractivity contribution in [1.29, 1.82) is 0 Å². The number of rotatable bonds is 1. The van der Waals surface area contributed by atoms with Gasteiger partial charge in [-0.2, -0.15) is 0 Å². The van der Waals surface area contributed by atoms with Crippen LogP contribution in [0.1, 0.15) is 5.56 Å². The van der Waals surface area contributed by atoms with Crippen molar-refractivity contribution < 1.29 is 0 Å². The Hall–Kier alpha value is -1.62. The molecule has 0 saturated heterocycles. The first-order valence-electron chi connectivity index (χ1n) is 6.66. The van der Waals surface area contributed by atoms with Crippen molar-refractivity contribution in [3.05, 3.63) is 66.4 Å². The molecule has 0 N–H and O–H groups in total. The van der Waals surface area contributed by atoms with Gasteiger partial charge in [-0.1, -0.05) is 0 Å². The summed E-state index contributed by atoms with van der Waals surface area (Å²) in [6, 6.07) is 19.7. The predicted molar refractivity (Wildman–Crippen MR) is 86.4 cm³/mol. The molecule has 2 aromatic heterocycles. The van der Waals surface area contributed by atoms with Gasteiger partial charge in [0, 0.05) is 0 Å². The summed E-state index contributed by atoms with van der Waals surface area (Å²) < 4.78 is 3.09. The van der Waals surface area contributed by atoms with Crippen molar-refractivity contribution in [3.8, 4) is 11.3 Å². The Labute approximate surface area is 127 Å². The van der Waals surface area contributed by atoms with Gasteiger partial charge in [0.15, 0.2) is 0 Å². The van der Waals surface area contributed by atoms with E-state index in [9.17, 15) is 0 Å². The van der Waals surface area contributed by atoms with Gasteiger partial charge in [-0.15, -0.1) is 0 Å². The van der Waals surface area contributed by atoms with E-state index in [1.807, 2.05) is 6.20 Å². The van der Waals surface area contributed by atoms with Gasteiger partial charge < -0.3 is 0 Å². The van der Waals surface area contributed by atoms with Gasteiger partial charge in [0.2, 0.25) is 0 Å². The molecular weight excluding hydrogens is 358 g/mol. The Morgan fingerprint density at radius 3 is 2.55 bits per heavy atom. The molecule has 0 spiro atoms. The van der Waals surface area contributed by atoms with Gasteiger partial charge in [-0.3, -0.25) is 0 Å². The quantitative estimate of drug-likeness (QED) is 0.452. The van der Waals surface area contributed by atoms with E-state index in [4.69, 9.17) is 0 Å². The van der Waals surface area contributed by atoms with Crippen LogP contribution < -0.4 is 0 Å². The number of aromatic nitrogens is 1. The first-order valence-corrected chi connectivity index (χ1v) is 8.99. The molecule has 1 nitrogen and oxygen atoms in total. The van der Waals surface area contributed by atoms with Crippen LogP contribution in [0.2, 0.25) is 0 Å². The van der Waals surface area contributed by atoms with Crippen molar-refractivity contribution >= 4 is 38.0 Å². The second kappa shape index (κ2) is 4.74. The fourth-order valence-electron chi connectivity index (χ4n) is 2.58. The summed E-state index contributed by atoms with van der Waals surface area (Å²) in [5, 5.41) is 2.85. The maximum atomic E-state index is 4.61. The van der Waals surface area contributed by atoms with Gasteiger partial charge in [0.1, 0.15) is 0 Å². The van der Waals surface area contributed by atoms with Crippen LogP contribution in [-0.2, 0) is 0 Å². The van der Waals surface area contributed by atoms with Crippen LogP contribution in [0.5, 0.6) is 0 Å². The molecule has 0 radical (unpaired) electrons. The van der Waals surface area contributed by atoms with Crippen molar-refractivity contribution in [2.45, 2.75) is 6.92 Å². The molecule has 4 rings (SSSR count). The second-order valence-corrected chi connectivity index (χ2v) is 8.00. The Bertz CT molecular complexity index is 904. The van der Waals surface area contributed by atoms with E-state index in [0.717, 1.165) is 5.69 Å². The van der Waals surface area contributed by atoms with Crippen LogP contribution in [0.4, 0.5) is 0 Å². The molecule has 0 aliphatic carbocycles. The minimum absolute atomic E-state index is 0.293. The van der Waals surface area contributed by atoms with Gasteiger partial charge in [-0.05, 0) is 0 Å². The molecule has 2 aromatic carbocycles. The number of pyridine rings is 1. The molecule has 0 unspecified atom stereocenters. The van der Waals surface area contributed by atoms with E-state index in [1.165, 1.54) is 25.3 Å². The second-order valence-electron chi connectivity index (χ2n) is 5.00. The Balaban J connectivity index is 2.07. The van der Waals surface area contributed by atoms with Gasteiger partial charge in [0.25, 0.3) is 0 Å². The Kier molecular flexibility index (Phi) is 2.88. The first kappa shape index (κ1) is 12.1. The molecule has 0 amide bonds. The van der Waals surface area contributed by atoms with Crippen molar-refractivity contribution in [3.63, 3.8) is 0 Å². The van der Waals surface area contributed by atoms with E-state index < -0.39 is 0 Å². The van der Waals surface area contributed by atoms with Crippen molar-refractivity contribution in [1.82, 2.24) is 4.98 Å². The SMILES string of the molecule is Cc1ccc(-c2cccc3c2[te]c2ccccc23)nc1. The van der Waals surface area contributed by atoms with E-state index >= 15 is 0 Å². The first-order chi connectivity index (χ1) is 9.83. The molecule has 0 saturated carbocycles. The summed E-state index contributed by atoms with van der Waals surface area (Å²) in [4.78, 5) is 4.61. The standard InChI is InChI=1S/C18H13NTe/c1-12-9-10-16(19-11-12)15-7-4-6-14-13-5-2-3-8-17(13)20-18(14)15/h2-11H,1H3. The van der Waals surface area contributed by atoms with Crippen LogP contribution in [0.25, 0.3) is 28.8 Å². The average molecular weight is 371 g/mol. The van der Waals surface area contributed by atoms with Crippen LogP contribution in [0.15, 0.2) is 60.8 Å². The van der Waals surface area contributed by atoms with Gasteiger partial charge in [-0.25, -0.2) is 0 Å². The molecule has 20 heavy (non-hydrogen) atoms. The van der Waals surface area contributed by atoms with Crippen LogP contribution >= 0.6 is 0 Å². The van der Waals surface area contributed by atoms with Crippen LogP contribution in [0, 0.1) is 6.92 Å². The maximum absolute atomic E-state index is 4.61. The minimum atomic E-state index is -0.293. The Morgan fingerprint density at radius 1 is 0.850 bits per heavy atom. The number of aryl methyl sites for hydroxylation is 1. The molecule has 0 bridgehead atoms. The van der Waals surface area contributed by atoms with Gasteiger partial charge >= 0.3 is 128 Å². The van der Waals surface area contributed by atoms with E-state index in [2.05, 4.69) is 66.5 Å².